The molecule has 0 saturated heterocycles. The van der Waals surface area contributed by atoms with Crippen molar-refractivity contribution >= 4 is 47.1 Å². The van der Waals surface area contributed by atoms with Crippen LogP contribution in [-0.2, 0) is 44.9 Å². The highest BCUT2D eigenvalue weighted by Crippen LogP contribution is 2.42. The predicted molar refractivity (Wildman–Crippen MR) is 309 cm³/mol. The molecule has 7 rings (SSSR count). The van der Waals surface area contributed by atoms with E-state index in [0.29, 0.717) is 86.5 Å². The first-order chi connectivity index (χ1) is 39.0. The lowest BCUT2D eigenvalue weighted by atomic mass is 9.90. The van der Waals surface area contributed by atoms with Crippen LogP contribution in [0.25, 0.3) is 0 Å². The number of benzene rings is 6. The number of ether oxygens (including phenoxy) is 4. The van der Waals surface area contributed by atoms with Crippen LogP contribution in [0.1, 0.15) is 146 Å². The van der Waals surface area contributed by atoms with E-state index in [-0.39, 0.29) is 11.1 Å². The molecule has 20 heteroatoms. The summed E-state index contributed by atoms with van der Waals surface area (Å²) in [6.07, 6.45) is 4.44. The first-order valence-electron chi connectivity index (χ1n) is 26.4. The van der Waals surface area contributed by atoms with Crippen LogP contribution in [0.5, 0.6) is 46.0 Å². The van der Waals surface area contributed by atoms with Crippen molar-refractivity contribution in [3.8, 4) is 46.0 Å². The number of amides is 2. The van der Waals surface area contributed by atoms with E-state index in [1.807, 2.05) is 74.5 Å². The fourth-order valence-electron chi connectivity index (χ4n) is 8.22. The minimum absolute atomic E-state index is 0.0736. The van der Waals surface area contributed by atoms with Crippen LogP contribution in [-0.4, -0.2) is 103 Å². The third kappa shape index (κ3) is 21.3. The Morgan fingerprint density at radius 3 is 0.829 bits per heavy atom. The molecule has 0 aromatic heterocycles. The average Bonchev–Trinajstić information content (AvgIpc) is 3.60. The van der Waals surface area contributed by atoms with Gasteiger partial charge in [-0.15, -0.1) is 0 Å². The van der Waals surface area contributed by atoms with E-state index in [2.05, 4.69) is 24.5 Å². The van der Waals surface area contributed by atoms with Gasteiger partial charge in [-0.1, -0.05) is 76.2 Å². The van der Waals surface area contributed by atoms with Gasteiger partial charge >= 0.3 is 0 Å². The van der Waals surface area contributed by atoms with Crippen LogP contribution in [0.4, 0.5) is 11.4 Å². The van der Waals surface area contributed by atoms with Crippen molar-refractivity contribution in [2.45, 2.75) is 107 Å². The molecule has 0 spiro atoms. The van der Waals surface area contributed by atoms with Crippen molar-refractivity contribution < 1.29 is 88.6 Å². The number of aromatic hydroxyl groups is 4. The minimum atomic E-state index is -0.833. The molecule has 1 aliphatic carbocycles. The second-order valence-corrected chi connectivity index (χ2v) is 18.5. The van der Waals surface area contributed by atoms with E-state index in [9.17, 15) is 30.0 Å². The molecule has 0 unspecified atom stereocenters. The molecular formula is C62H74N2O18. The molecule has 20 nitrogen and oxygen atoms in total. The number of aliphatic carboxylic acids is 4. The predicted octanol–water partition coefficient (Wildman–Crippen LogP) is 11.2. The number of carboxylic acid groups (broad SMARTS) is 4. The molecule has 440 valence electrons. The molecule has 0 radical (unpaired) electrons. The summed E-state index contributed by atoms with van der Waals surface area (Å²) in [6.45, 7) is 14.3. The number of nitrogens with one attached hydrogen (secondary N) is 2. The second kappa shape index (κ2) is 33.9. The molecule has 82 heavy (non-hydrogen) atoms. The van der Waals surface area contributed by atoms with Crippen LogP contribution in [0, 0.1) is 0 Å². The van der Waals surface area contributed by atoms with Crippen molar-refractivity contribution in [3.05, 3.63) is 153 Å². The fourth-order valence-corrected chi connectivity index (χ4v) is 8.22. The van der Waals surface area contributed by atoms with Crippen molar-refractivity contribution in [3.63, 3.8) is 0 Å². The van der Waals surface area contributed by atoms with E-state index in [4.69, 9.17) is 58.6 Å². The largest absolute Gasteiger partial charge is 0.504 e. The van der Waals surface area contributed by atoms with E-state index in [1.165, 1.54) is 36.4 Å². The van der Waals surface area contributed by atoms with Crippen molar-refractivity contribution in [2.24, 2.45) is 0 Å². The molecular weight excluding hydrogens is 1060 g/mol. The zero-order valence-corrected chi connectivity index (χ0v) is 47.4. The van der Waals surface area contributed by atoms with E-state index in [1.54, 1.807) is 0 Å². The van der Waals surface area contributed by atoms with E-state index < -0.39 is 58.7 Å². The van der Waals surface area contributed by atoms with E-state index in [0.717, 1.165) is 97.9 Å². The van der Waals surface area contributed by atoms with Gasteiger partial charge < -0.3 is 70.4 Å². The summed E-state index contributed by atoms with van der Waals surface area (Å²) >= 11 is 0. The third-order valence-electron chi connectivity index (χ3n) is 11.2. The summed E-state index contributed by atoms with van der Waals surface area (Å²) in [6, 6.07) is 28.1. The number of anilines is 2. The summed E-state index contributed by atoms with van der Waals surface area (Å²) in [5.41, 5.74) is 7.49. The fraction of sp³-hybridized carbons (Fsp3) is 0.323. The van der Waals surface area contributed by atoms with Gasteiger partial charge in [0, 0.05) is 87.0 Å². The van der Waals surface area contributed by atoms with Crippen LogP contribution in [0.3, 0.4) is 0 Å². The van der Waals surface area contributed by atoms with Crippen molar-refractivity contribution in [1.82, 2.24) is 0 Å². The maximum Gasteiger partial charge on any atom is 0.300 e. The molecule has 0 aliphatic heterocycles. The van der Waals surface area contributed by atoms with Gasteiger partial charge in [0.25, 0.3) is 35.7 Å². The number of carbonyl (C=O) groups is 6. The van der Waals surface area contributed by atoms with Crippen molar-refractivity contribution in [2.75, 3.05) is 37.1 Å². The van der Waals surface area contributed by atoms with Crippen LogP contribution >= 0.6 is 0 Å². The highest BCUT2D eigenvalue weighted by atomic mass is 16.5. The molecule has 6 aromatic carbocycles. The Balaban J connectivity index is 0.000000977. The summed E-state index contributed by atoms with van der Waals surface area (Å²) < 4.78 is 26.6. The number of phenols is 4. The maximum atomic E-state index is 13.8. The van der Waals surface area contributed by atoms with E-state index >= 15 is 0 Å². The van der Waals surface area contributed by atoms with Gasteiger partial charge in [0.15, 0.2) is 23.0 Å². The first-order valence-corrected chi connectivity index (χ1v) is 26.4. The number of hydrogen-bond donors (Lipinski definition) is 10. The maximum absolute atomic E-state index is 13.8. The Hall–Kier alpha value is -9.46. The molecule has 6 aromatic rings. The second-order valence-electron chi connectivity index (χ2n) is 18.5. The summed E-state index contributed by atoms with van der Waals surface area (Å²) in [5.74, 6) is -3.60. The van der Waals surface area contributed by atoms with Gasteiger partial charge in [0.2, 0.25) is 0 Å². The molecule has 0 saturated carbocycles. The van der Waals surface area contributed by atoms with Gasteiger partial charge in [-0.3, -0.25) is 28.8 Å². The lowest BCUT2D eigenvalue weighted by molar-refractivity contribution is -0.135. The third-order valence-corrected chi connectivity index (χ3v) is 11.2. The summed E-state index contributed by atoms with van der Waals surface area (Å²) in [4.78, 5) is 63.6. The minimum Gasteiger partial charge on any atom is -0.504 e. The summed E-state index contributed by atoms with van der Waals surface area (Å²) in [5, 5.41) is 77.4. The molecule has 10 N–H and O–H groups in total. The Kier molecular flexibility index (Phi) is 27.6. The van der Waals surface area contributed by atoms with Gasteiger partial charge in [0.1, 0.15) is 23.0 Å². The molecule has 0 atom stereocenters. The standard InChI is InChI=1S/C54H58N2O10.4C2H4O2/c1-5-21-63-49-33-13-9-14-34(49)26-38-30-42(56-54(62)44-18-12-20-46(58)48(44)60)32-40(52(38)66-24-8-4)28-36-16-10-15-35(50(36)64-22-6-2)27-39-31-41(29-37(25-33)51(39)65-23-7-3)55-53(61)43-17-11-19-45(57)47(43)59;4*1-2(3)4/h9-20,29-32,57-60H,5-8,21-28H2,1-4H3,(H,55,61)(H,56,62);4*1H3,(H,3,4). The normalized spacial score (nSPS) is 10.8. The molecule has 0 heterocycles. The summed E-state index contributed by atoms with van der Waals surface area (Å²) in [7, 11) is 0. The Morgan fingerprint density at radius 2 is 0.598 bits per heavy atom. The number of carbonyl (C=O) groups excluding carboxylic acids is 2. The zero-order chi connectivity index (χ0) is 61.1. The molecule has 8 bridgehead atoms. The Bertz CT molecular complexity index is 2810. The SMILES string of the molecule is CC(=O)O.CC(=O)O.CC(=O)O.CC(=O)O.CCCOc1c2cccc1Cc1cc(NC(=O)c3cccc(O)c3O)cc(c1OCCC)Cc1cccc(c1OCCC)Cc1cc(NC(=O)c3cccc(O)c3O)cc(c1OCCC)C2. The van der Waals surface area contributed by atoms with Crippen LogP contribution in [0.2, 0.25) is 0 Å². The Morgan fingerprint density at radius 1 is 0.378 bits per heavy atom. The molecule has 1 aliphatic rings. The number of rotatable bonds is 16. The number of hydrogen-bond acceptors (Lipinski definition) is 14. The quantitative estimate of drug-likeness (QED) is 0.0402. The highest BCUT2D eigenvalue weighted by molar-refractivity contribution is 6.07. The monoisotopic (exact) mass is 1130 g/mol. The number of carboxylic acids is 4. The van der Waals surface area contributed by atoms with Gasteiger partial charge in [-0.25, -0.2) is 0 Å². The van der Waals surface area contributed by atoms with Gasteiger partial charge in [0.05, 0.1) is 37.6 Å². The number of phenolic OH excluding ortho intramolecular Hbond substituents is 4. The van der Waals surface area contributed by atoms with Crippen LogP contribution in [0.15, 0.2) is 97.1 Å². The number of fused-ring (bicyclic) bond motifs is 8. The van der Waals surface area contributed by atoms with Crippen molar-refractivity contribution in [1.29, 1.82) is 0 Å². The molecule has 2 amide bonds. The lowest BCUT2D eigenvalue weighted by Gasteiger charge is -2.24. The smallest absolute Gasteiger partial charge is 0.300 e. The average molecular weight is 1140 g/mol. The topological polar surface area (TPSA) is 325 Å². The molecule has 0 fully saturated rings. The first kappa shape index (κ1) is 66.8. The highest BCUT2D eigenvalue weighted by Gasteiger charge is 2.25. The Labute approximate surface area is 476 Å². The lowest BCUT2D eigenvalue weighted by Crippen LogP contribution is -2.15. The van der Waals surface area contributed by atoms with Crippen LogP contribution < -0.4 is 29.6 Å². The van der Waals surface area contributed by atoms with Gasteiger partial charge in [-0.2, -0.15) is 0 Å². The number of para-hydroxylation sites is 4. The zero-order valence-electron chi connectivity index (χ0n) is 47.4. The van der Waals surface area contributed by atoms with Gasteiger partial charge in [-0.05, 0) is 96.5 Å².